The maximum Gasteiger partial charge on any atom is 0.0624 e. The van der Waals surface area contributed by atoms with Crippen molar-refractivity contribution in [2.24, 2.45) is 13.0 Å². The van der Waals surface area contributed by atoms with Crippen molar-refractivity contribution in [3.05, 3.63) is 17.5 Å². The molecule has 1 unspecified atom stereocenters. The van der Waals surface area contributed by atoms with Gasteiger partial charge in [-0.15, -0.1) is 11.6 Å². The SMILES string of the molecule is CCc1cc(CCC(Cl)C2CC2)n(C)n1. The number of halogens is 1. The van der Waals surface area contributed by atoms with Gasteiger partial charge < -0.3 is 0 Å². The van der Waals surface area contributed by atoms with Crippen LogP contribution >= 0.6 is 11.6 Å². The number of hydrogen-bond acceptors (Lipinski definition) is 1. The fraction of sp³-hybridized carbons (Fsp3) is 0.750. The lowest BCUT2D eigenvalue weighted by molar-refractivity contribution is 0.631. The van der Waals surface area contributed by atoms with E-state index < -0.39 is 0 Å². The Kier molecular flexibility index (Phi) is 3.35. The summed E-state index contributed by atoms with van der Waals surface area (Å²) in [6, 6.07) is 2.20. The zero-order valence-electron chi connectivity index (χ0n) is 9.54. The molecule has 1 fully saturated rings. The summed E-state index contributed by atoms with van der Waals surface area (Å²) in [5.74, 6) is 0.797. The molecule has 1 heterocycles. The number of nitrogens with zero attached hydrogens (tertiary/aromatic N) is 2. The zero-order chi connectivity index (χ0) is 10.8. The van der Waals surface area contributed by atoms with E-state index in [2.05, 4.69) is 18.1 Å². The van der Waals surface area contributed by atoms with Gasteiger partial charge in [-0.05, 0) is 44.1 Å². The van der Waals surface area contributed by atoms with Gasteiger partial charge in [-0.1, -0.05) is 6.92 Å². The van der Waals surface area contributed by atoms with Gasteiger partial charge in [0.25, 0.3) is 0 Å². The van der Waals surface area contributed by atoms with Crippen LogP contribution in [0.3, 0.4) is 0 Å². The minimum absolute atomic E-state index is 0.380. The van der Waals surface area contributed by atoms with Crippen molar-refractivity contribution in [2.45, 2.75) is 44.4 Å². The third-order valence-electron chi connectivity index (χ3n) is 3.20. The van der Waals surface area contributed by atoms with E-state index in [0.717, 1.165) is 25.2 Å². The number of hydrogen-bond donors (Lipinski definition) is 0. The standard InChI is InChI=1S/C12H19ClN2/c1-3-10-8-11(15(2)14-10)6-7-12(13)9-4-5-9/h8-9,12H,3-7H2,1-2H3. The number of rotatable bonds is 5. The first-order valence-corrected chi connectivity index (χ1v) is 6.30. The molecule has 1 aliphatic carbocycles. The van der Waals surface area contributed by atoms with Gasteiger partial charge >= 0.3 is 0 Å². The Labute approximate surface area is 96.6 Å². The summed E-state index contributed by atoms with van der Waals surface area (Å²) >= 11 is 6.29. The molecule has 0 aromatic carbocycles. The lowest BCUT2D eigenvalue weighted by Gasteiger charge is -2.07. The molecule has 0 aliphatic heterocycles. The van der Waals surface area contributed by atoms with Crippen molar-refractivity contribution in [2.75, 3.05) is 0 Å². The van der Waals surface area contributed by atoms with E-state index in [4.69, 9.17) is 11.6 Å². The van der Waals surface area contributed by atoms with E-state index >= 15 is 0 Å². The van der Waals surface area contributed by atoms with Gasteiger partial charge in [-0.2, -0.15) is 5.10 Å². The number of aromatic nitrogens is 2. The first kappa shape index (κ1) is 11.0. The Hall–Kier alpha value is -0.500. The van der Waals surface area contributed by atoms with Crippen molar-refractivity contribution < 1.29 is 0 Å². The van der Waals surface area contributed by atoms with E-state index in [1.54, 1.807) is 0 Å². The van der Waals surface area contributed by atoms with Crippen molar-refractivity contribution in [3.8, 4) is 0 Å². The molecule has 2 nitrogen and oxygen atoms in total. The molecule has 0 bridgehead atoms. The Morgan fingerprint density at radius 1 is 1.60 bits per heavy atom. The number of alkyl halides is 1. The van der Waals surface area contributed by atoms with E-state index in [0.29, 0.717) is 5.38 Å². The molecule has 0 radical (unpaired) electrons. The summed E-state index contributed by atoms with van der Waals surface area (Å²) < 4.78 is 2.00. The van der Waals surface area contributed by atoms with Crippen LogP contribution in [0.5, 0.6) is 0 Å². The Balaban J connectivity index is 1.88. The summed E-state index contributed by atoms with van der Waals surface area (Å²) in [5, 5.41) is 4.82. The van der Waals surface area contributed by atoms with E-state index in [1.807, 2.05) is 11.7 Å². The highest BCUT2D eigenvalue weighted by Crippen LogP contribution is 2.37. The van der Waals surface area contributed by atoms with E-state index in [-0.39, 0.29) is 0 Å². The topological polar surface area (TPSA) is 17.8 Å². The van der Waals surface area contributed by atoms with Crippen LogP contribution in [0.1, 0.15) is 37.6 Å². The van der Waals surface area contributed by atoms with Crippen LogP contribution in [0.2, 0.25) is 0 Å². The second kappa shape index (κ2) is 4.56. The molecule has 1 aliphatic rings. The lowest BCUT2D eigenvalue weighted by Crippen LogP contribution is -2.06. The average molecular weight is 227 g/mol. The summed E-state index contributed by atoms with van der Waals surface area (Å²) in [5.41, 5.74) is 2.50. The minimum atomic E-state index is 0.380. The highest BCUT2D eigenvalue weighted by molar-refractivity contribution is 6.20. The zero-order valence-corrected chi connectivity index (χ0v) is 10.3. The fourth-order valence-corrected chi connectivity index (χ4v) is 2.32. The lowest BCUT2D eigenvalue weighted by atomic mass is 10.1. The van der Waals surface area contributed by atoms with Crippen molar-refractivity contribution >= 4 is 11.6 Å². The van der Waals surface area contributed by atoms with Crippen LogP contribution in [-0.4, -0.2) is 15.2 Å². The highest BCUT2D eigenvalue weighted by Gasteiger charge is 2.29. The molecular weight excluding hydrogens is 208 g/mol. The molecule has 0 N–H and O–H groups in total. The van der Waals surface area contributed by atoms with E-state index in [9.17, 15) is 0 Å². The van der Waals surface area contributed by atoms with Crippen LogP contribution < -0.4 is 0 Å². The summed E-state index contributed by atoms with van der Waals surface area (Å²) in [6.07, 6.45) is 5.84. The van der Waals surface area contributed by atoms with Crippen molar-refractivity contribution in [3.63, 3.8) is 0 Å². The van der Waals surface area contributed by atoms with Crippen LogP contribution in [0.25, 0.3) is 0 Å². The second-order valence-electron chi connectivity index (χ2n) is 4.50. The average Bonchev–Trinajstić information content (AvgIpc) is 3.00. The molecular formula is C12H19ClN2. The summed E-state index contributed by atoms with van der Waals surface area (Å²) in [7, 11) is 2.02. The molecule has 0 amide bonds. The van der Waals surface area contributed by atoms with Crippen molar-refractivity contribution in [1.29, 1.82) is 0 Å². The van der Waals surface area contributed by atoms with Crippen LogP contribution in [0.4, 0.5) is 0 Å². The third kappa shape index (κ3) is 2.75. The Morgan fingerprint density at radius 2 is 2.33 bits per heavy atom. The minimum Gasteiger partial charge on any atom is -0.272 e. The maximum absolute atomic E-state index is 6.29. The predicted octanol–water partition coefficient (Wildman–Crippen LogP) is 2.93. The monoisotopic (exact) mass is 226 g/mol. The second-order valence-corrected chi connectivity index (χ2v) is 5.06. The molecule has 84 valence electrons. The van der Waals surface area contributed by atoms with Crippen LogP contribution in [0, 0.1) is 5.92 Å². The van der Waals surface area contributed by atoms with Crippen molar-refractivity contribution in [1.82, 2.24) is 9.78 Å². The third-order valence-corrected chi connectivity index (χ3v) is 3.77. The molecule has 0 saturated heterocycles. The molecule has 15 heavy (non-hydrogen) atoms. The Bertz CT molecular complexity index is 328. The molecule has 3 heteroatoms. The molecule has 1 atom stereocenters. The van der Waals surface area contributed by atoms with Gasteiger partial charge in [0, 0.05) is 18.1 Å². The van der Waals surface area contributed by atoms with Gasteiger partial charge in [0.15, 0.2) is 0 Å². The van der Waals surface area contributed by atoms with Crippen LogP contribution in [0.15, 0.2) is 6.07 Å². The molecule has 1 saturated carbocycles. The molecule has 1 aromatic heterocycles. The summed E-state index contributed by atoms with van der Waals surface area (Å²) in [4.78, 5) is 0. The van der Waals surface area contributed by atoms with Gasteiger partial charge in [0.05, 0.1) is 5.69 Å². The highest BCUT2D eigenvalue weighted by atomic mass is 35.5. The van der Waals surface area contributed by atoms with Crippen LogP contribution in [-0.2, 0) is 19.9 Å². The molecule has 2 rings (SSSR count). The van der Waals surface area contributed by atoms with Gasteiger partial charge in [-0.25, -0.2) is 0 Å². The normalized spacial score (nSPS) is 18.1. The first-order chi connectivity index (χ1) is 7.20. The predicted molar refractivity (Wildman–Crippen MR) is 63.3 cm³/mol. The molecule has 1 aromatic rings. The largest absolute Gasteiger partial charge is 0.272 e. The Morgan fingerprint density at radius 3 is 2.87 bits per heavy atom. The molecule has 0 spiro atoms. The van der Waals surface area contributed by atoms with E-state index in [1.165, 1.54) is 24.2 Å². The first-order valence-electron chi connectivity index (χ1n) is 5.86. The quantitative estimate of drug-likeness (QED) is 0.706. The smallest absolute Gasteiger partial charge is 0.0624 e. The maximum atomic E-state index is 6.29. The fourth-order valence-electron chi connectivity index (χ4n) is 1.96. The van der Waals surface area contributed by atoms with Gasteiger partial charge in [0.2, 0.25) is 0 Å². The summed E-state index contributed by atoms with van der Waals surface area (Å²) in [6.45, 7) is 2.14. The number of aryl methyl sites for hydroxylation is 3. The van der Waals surface area contributed by atoms with Gasteiger partial charge in [-0.3, -0.25) is 4.68 Å². The van der Waals surface area contributed by atoms with Gasteiger partial charge in [0.1, 0.15) is 0 Å².